The van der Waals surface area contributed by atoms with E-state index >= 15 is 0 Å². The number of carbonyl (C=O) groups excluding carboxylic acids is 3. The number of carbonyl (C=O) groups is 3. The van der Waals surface area contributed by atoms with Gasteiger partial charge in [0.15, 0.2) is 0 Å². The number of imide groups is 1. The lowest BCUT2D eigenvalue weighted by molar-refractivity contribution is -0.134. The largest absolute Gasteiger partial charge is 0.385 e. The van der Waals surface area contributed by atoms with Crippen LogP contribution in [-0.4, -0.2) is 68.1 Å². The zero-order chi connectivity index (χ0) is 24.9. The Morgan fingerprint density at radius 2 is 1.72 bits per heavy atom. The van der Waals surface area contributed by atoms with Crippen molar-refractivity contribution in [2.45, 2.75) is 57.4 Å². The highest BCUT2D eigenvalue weighted by Gasteiger charge is 2.40. The van der Waals surface area contributed by atoms with Crippen molar-refractivity contribution in [3.63, 3.8) is 0 Å². The van der Waals surface area contributed by atoms with Gasteiger partial charge in [-0.3, -0.25) is 29.5 Å². The molecule has 0 aliphatic carbocycles. The third-order valence-corrected chi connectivity index (χ3v) is 7.57. The fourth-order valence-electron chi connectivity index (χ4n) is 5.61. The number of morpholine rings is 1. The van der Waals surface area contributed by atoms with Crippen LogP contribution in [0.15, 0.2) is 30.3 Å². The normalized spacial score (nSPS) is 20.3. The molecule has 1 unspecified atom stereocenters. The maximum absolute atomic E-state index is 13.2. The van der Waals surface area contributed by atoms with Gasteiger partial charge < -0.3 is 10.1 Å². The van der Waals surface area contributed by atoms with Crippen LogP contribution in [0.1, 0.15) is 61.7 Å². The minimum absolute atomic E-state index is 0.170. The molecule has 3 amide bonds. The van der Waals surface area contributed by atoms with Gasteiger partial charge in [-0.25, -0.2) is 0 Å². The minimum atomic E-state index is -0.654. The number of nitrogens with one attached hydrogen (secondary N) is 2. The lowest BCUT2D eigenvalue weighted by Crippen LogP contribution is -2.53. The van der Waals surface area contributed by atoms with Crippen molar-refractivity contribution >= 4 is 39.9 Å². The molecule has 8 nitrogen and oxygen atoms in total. The Hall–Kier alpha value is -2.97. The second-order valence-corrected chi connectivity index (χ2v) is 10.0. The van der Waals surface area contributed by atoms with Gasteiger partial charge in [0.25, 0.3) is 5.91 Å². The molecule has 2 aromatic rings. The van der Waals surface area contributed by atoms with Crippen molar-refractivity contribution in [2.24, 2.45) is 0 Å². The molecule has 2 saturated heterocycles. The monoisotopic (exact) mass is 492 g/mol. The third-order valence-electron chi connectivity index (χ3n) is 7.57. The Labute approximate surface area is 212 Å². The summed E-state index contributed by atoms with van der Waals surface area (Å²) in [5.41, 5.74) is 2.38. The van der Waals surface area contributed by atoms with Crippen molar-refractivity contribution in [3.05, 3.63) is 35.9 Å². The molecule has 36 heavy (non-hydrogen) atoms. The highest BCUT2D eigenvalue weighted by atomic mass is 16.5. The molecule has 3 aliphatic heterocycles. The molecular formula is C28H36N4O4. The van der Waals surface area contributed by atoms with Crippen LogP contribution in [0.4, 0.5) is 11.4 Å². The van der Waals surface area contributed by atoms with Crippen LogP contribution in [0.2, 0.25) is 0 Å². The number of hydrogen-bond acceptors (Lipinski definition) is 6. The molecule has 2 aromatic carbocycles. The molecule has 1 atom stereocenters. The molecule has 3 aliphatic rings. The van der Waals surface area contributed by atoms with E-state index in [1.165, 1.54) is 38.6 Å². The molecular weight excluding hydrogens is 456 g/mol. The third kappa shape index (κ3) is 5.25. The van der Waals surface area contributed by atoms with Gasteiger partial charge in [0.1, 0.15) is 6.04 Å². The van der Waals surface area contributed by atoms with E-state index in [2.05, 4.69) is 15.5 Å². The van der Waals surface area contributed by atoms with Crippen LogP contribution < -0.4 is 15.5 Å². The Bertz CT molecular complexity index is 1130. The summed E-state index contributed by atoms with van der Waals surface area (Å²) in [4.78, 5) is 41.4. The lowest BCUT2D eigenvalue weighted by Gasteiger charge is -2.30. The average Bonchev–Trinajstić information content (AvgIpc) is 3.17. The summed E-state index contributed by atoms with van der Waals surface area (Å²) in [6.07, 6.45) is 7.99. The summed E-state index contributed by atoms with van der Waals surface area (Å²) in [5, 5.41) is 7.83. The van der Waals surface area contributed by atoms with E-state index in [1.54, 1.807) is 4.90 Å². The Morgan fingerprint density at radius 1 is 0.944 bits per heavy atom. The predicted molar refractivity (Wildman–Crippen MR) is 140 cm³/mol. The van der Waals surface area contributed by atoms with Gasteiger partial charge in [0.2, 0.25) is 11.8 Å². The maximum atomic E-state index is 13.2. The standard InChI is InChI=1S/C28H36N4O4/c33-25-13-12-24(27(34)30-25)32-23-11-10-22(20-8-7-9-21(26(20)23)28(32)35)29-14-5-3-1-2-4-6-15-31-16-18-36-19-17-31/h7-11,24,29H,1-6,12-19H2,(H,30,33,34). The van der Waals surface area contributed by atoms with E-state index in [4.69, 9.17) is 4.74 Å². The van der Waals surface area contributed by atoms with Crippen LogP contribution >= 0.6 is 0 Å². The number of piperidine rings is 1. The number of anilines is 2. The summed E-state index contributed by atoms with van der Waals surface area (Å²) >= 11 is 0. The van der Waals surface area contributed by atoms with E-state index in [9.17, 15) is 14.4 Å². The number of hydrogen-bond donors (Lipinski definition) is 2. The SMILES string of the molecule is O=C1CCC(N2C(=O)c3cccc4c(NCCCCCCCCN5CCOCC5)ccc2c34)C(=O)N1. The molecule has 0 radical (unpaired) electrons. The second-order valence-electron chi connectivity index (χ2n) is 10.0. The average molecular weight is 493 g/mol. The van der Waals surface area contributed by atoms with Gasteiger partial charge >= 0.3 is 0 Å². The van der Waals surface area contributed by atoms with Gasteiger partial charge in [-0.1, -0.05) is 37.8 Å². The number of rotatable bonds is 11. The number of amides is 3. The highest BCUT2D eigenvalue weighted by molar-refractivity contribution is 6.28. The van der Waals surface area contributed by atoms with Gasteiger partial charge in [-0.15, -0.1) is 0 Å². The van der Waals surface area contributed by atoms with Gasteiger partial charge in [-0.2, -0.15) is 0 Å². The molecule has 0 spiro atoms. The minimum Gasteiger partial charge on any atom is -0.385 e. The fraction of sp³-hybridized carbons (Fsp3) is 0.536. The van der Waals surface area contributed by atoms with Crippen molar-refractivity contribution in [3.8, 4) is 0 Å². The molecule has 8 heteroatoms. The quantitative estimate of drug-likeness (QED) is 0.367. The first-order valence-corrected chi connectivity index (χ1v) is 13.4. The zero-order valence-electron chi connectivity index (χ0n) is 20.9. The molecule has 5 rings (SSSR count). The predicted octanol–water partition coefficient (Wildman–Crippen LogP) is 3.69. The molecule has 2 N–H and O–H groups in total. The summed E-state index contributed by atoms with van der Waals surface area (Å²) in [6, 6.07) is 9.03. The van der Waals surface area contributed by atoms with Crippen LogP contribution in [0.25, 0.3) is 10.8 Å². The van der Waals surface area contributed by atoms with E-state index in [0.717, 1.165) is 61.4 Å². The summed E-state index contributed by atoms with van der Waals surface area (Å²) in [5.74, 6) is -0.849. The zero-order valence-corrected chi connectivity index (χ0v) is 20.9. The smallest absolute Gasteiger partial charge is 0.259 e. The number of ether oxygens (including phenoxy) is 1. The maximum Gasteiger partial charge on any atom is 0.259 e. The van der Waals surface area contributed by atoms with Gasteiger partial charge in [0.05, 0.1) is 18.9 Å². The number of unbranched alkanes of at least 4 members (excludes halogenated alkanes) is 5. The van der Waals surface area contributed by atoms with Crippen LogP contribution in [-0.2, 0) is 14.3 Å². The van der Waals surface area contributed by atoms with Crippen LogP contribution in [0.3, 0.4) is 0 Å². The van der Waals surface area contributed by atoms with E-state index in [1.807, 2.05) is 30.3 Å². The van der Waals surface area contributed by atoms with Gasteiger partial charge in [-0.05, 0) is 44.0 Å². The second kappa shape index (κ2) is 11.4. The first kappa shape index (κ1) is 24.7. The van der Waals surface area contributed by atoms with E-state index < -0.39 is 11.9 Å². The molecule has 0 bridgehead atoms. The Morgan fingerprint density at radius 3 is 2.53 bits per heavy atom. The van der Waals surface area contributed by atoms with Gasteiger partial charge in [0, 0.05) is 48.1 Å². The molecule has 0 saturated carbocycles. The van der Waals surface area contributed by atoms with E-state index in [-0.39, 0.29) is 18.2 Å². The molecule has 0 aromatic heterocycles. The topological polar surface area (TPSA) is 91.0 Å². The Kier molecular flexibility index (Phi) is 7.82. The van der Waals surface area contributed by atoms with Crippen molar-refractivity contribution in [2.75, 3.05) is 49.6 Å². The van der Waals surface area contributed by atoms with Crippen LogP contribution in [0, 0.1) is 0 Å². The van der Waals surface area contributed by atoms with Crippen LogP contribution in [0.5, 0.6) is 0 Å². The van der Waals surface area contributed by atoms with Crippen molar-refractivity contribution in [1.29, 1.82) is 0 Å². The Balaban J connectivity index is 1.12. The molecule has 2 fully saturated rings. The van der Waals surface area contributed by atoms with E-state index in [0.29, 0.717) is 12.0 Å². The number of benzene rings is 2. The van der Waals surface area contributed by atoms with Crippen molar-refractivity contribution in [1.82, 2.24) is 10.2 Å². The summed E-state index contributed by atoms with van der Waals surface area (Å²) in [6.45, 7) is 5.98. The summed E-state index contributed by atoms with van der Waals surface area (Å²) < 4.78 is 5.40. The number of nitrogens with zero attached hydrogens (tertiary/aromatic N) is 2. The lowest BCUT2D eigenvalue weighted by atomic mass is 10.0. The molecule has 192 valence electrons. The highest BCUT2D eigenvalue weighted by Crippen LogP contribution is 2.42. The summed E-state index contributed by atoms with van der Waals surface area (Å²) in [7, 11) is 0. The first-order valence-electron chi connectivity index (χ1n) is 13.4. The first-order chi connectivity index (χ1) is 17.6. The molecule has 3 heterocycles. The van der Waals surface area contributed by atoms with Crippen molar-refractivity contribution < 1.29 is 19.1 Å². The fourth-order valence-corrected chi connectivity index (χ4v) is 5.61.